The van der Waals surface area contributed by atoms with Crippen molar-refractivity contribution in [3.8, 4) is 5.75 Å². The fourth-order valence-electron chi connectivity index (χ4n) is 2.47. The Balaban J connectivity index is 0.00000128. The molecule has 0 N–H and O–H groups in total. The van der Waals surface area contributed by atoms with Crippen molar-refractivity contribution in [2.45, 2.75) is 38.5 Å². The number of rotatable bonds is 2. The monoisotopic (exact) mass is 206 g/mol. The fourth-order valence-corrected chi connectivity index (χ4v) is 2.47. The summed E-state index contributed by atoms with van der Waals surface area (Å²) in [5, 5.41) is 0. The van der Waals surface area contributed by atoms with E-state index in [0.29, 0.717) is 0 Å². The fraction of sp³-hybridized carbons (Fsp3) is 0.571. The van der Waals surface area contributed by atoms with Crippen molar-refractivity contribution >= 4 is 0 Å². The number of benzene rings is 1. The van der Waals surface area contributed by atoms with Gasteiger partial charge in [-0.3, -0.25) is 0 Å². The molecule has 1 heteroatoms. The average molecular weight is 206 g/mol. The van der Waals surface area contributed by atoms with Gasteiger partial charge < -0.3 is 4.74 Å². The van der Waals surface area contributed by atoms with E-state index in [1.54, 1.807) is 7.11 Å². The van der Waals surface area contributed by atoms with Gasteiger partial charge in [-0.15, -0.1) is 0 Å². The molecule has 0 atom stereocenters. The smallest absolute Gasteiger partial charge is 0.118 e. The molecule has 2 rings (SSSR count). The molecule has 1 aliphatic rings. The van der Waals surface area contributed by atoms with Crippen LogP contribution in [0.25, 0.3) is 0 Å². The van der Waals surface area contributed by atoms with E-state index < -0.39 is 0 Å². The molecule has 1 aromatic carbocycles. The molecule has 1 aromatic rings. The molecule has 0 spiro atoms. The number of hydrogen-bond acceptors (Lipinski definition) is 1. The van der Waals surface area contributed by atoms with Crippen LogP contribution in [0, 0.1) is 5.92 Å². The molecule has 15 heavy (non-hydrogen) atoms. The summed E-state index contributed by atoms with van der Waals surface area (Å²) >= 11 is 0. The van der Waals surface area contributed by atoms with Crippen molar-refractivity contribution in [2.75, 3.05) is 7.11 Å². The maximum Gasteiger partial charge on any atom is 0.118 e. The van der Waals surface area contributed by atoms with Gasteiger partial charge in [-0.1, -0.05) is 31.9 Å². The normalized spacial score (nSPS) is 26.3. The van der Waals surface area contributed by atoms with Crippen molar-refractivity contribution in [2.24, 2.45) is 5.92 Å². The summed E-state index contributed by atoms with van der Waals surface area (Å²) in [7, 11) is 1.72. The second-order valence-corrected chi connectivity index (χ2v) is 4.73. The topological polar surface area (TPSA) is 9.23 Å². The van der Waals surface area contributed by atoms with Gasteiger partial charge in [0, 0.05) is 1.43 Å². The molecular formula is C14H22O. The molecule has 1 aliphatic carbocycles. The van der Waals surface area contributed by atoms with E-state index in [-0.39, 0.29) is 1.43 Å². The summed E-state index contributed by atoms with van der Waals surface area (Å²) in [6, 6.07) is 8.60. The molecule has 1 saturated carbocycles. The Morgan fingerprint density at radius 3 is 2.20 bits per heavy atom. The third-order valence-electron chi connectivity index (χ3n) is 3.60. The lowest BCUT2D eigenvalue weighted by Crippen LogP contribution is -2.10. The summed E-state index contributed by atoms with van der Waals surface area (Å²) in [5.74, 6) is 2.68. The first kappa shape index (κ1) is 10.5. The Kier molecular flexibility index (Phi) is 3.30. The van der Waals surface area contributed by atoms with E-state index in [2.05, 4.69) is 31.2 Å². The molecule has 1 fully saturated rings. The number of ether oxygens (including phenoxy) is 1. The minimum absolute atomic E-state index is 0. The molecule has 84 valence electrons. The van der Waals surface area contributed by atoms with E-state index >= 15 is 0 Å². The third-order valence-corrected chi connectivity index (χ3v) is 3.60. The van der Waals surface area contributed by atoms with Crippen molar-refractivity contribution in [1.82, 2.24) is 0 Å². The minimum atomic E-state index is 0. The van der Waals surface area contributed by atoms with Crippen LogP contribution in [0.3, 0.4) is 0 Å². The van der Waals surface area contributed by atoms with Crippen molar-refractivity contribution in [1.29, 1.82) is 0 Å². The minimum Gasteiger partial charge on any atom is -0.497 e. The van der Waals surface area contributed by atoms with Crippen LogP contribution in [-0.2, 0) is 0 Å². The second-order valence-electron chi connectivity index (χ2n) is 4.73. The lowest BCUT2D eigenvalue weighted by atomic mass is 9.79. The van der Waals surface area contributed by atoms with Crippen molar-refractivity contribution < 1.29 is 6.16 Å². The van der Waals surface area contributed by atoms with Crippen LogP contribution < -0.4 is 4.74 Å². The van der Waals surface area contributed by atoms with Gasteiger partial charge in [0.25, 0.3) is 0 Å². The molecular weight excluding hydrogens is 184 g/mol. The van der Waals surface area contributed by atoms with Gasteiger partial charge in [-0.25, -0.2) is 0 Å². The highest BCUT2D eigenvalue weighted by atomic mass is 16.5. The zero-order chi connectivity index (χ0) is 10.7. The van der Waals surface area contributed by atoms with Crippen LogP contribution in [0.5, 0.6) is 5.75 Å². The van der Waals surface area contributed by atoms with Gasteiger partial charge in [0.1, 0.15) is 5.75 Å². The molecule has 0 aliphatic heterocycles. The SMILES string of the molecule is COc1ccc(C2CCC(C)CC2)cc1.[HH]. The van der Waals surface area contributed by atoms with E-state index in [9.17, 15) is 0 Å². The van der Waals surface area contributed by atoms with Gasteiger partial charge in [-0.2, -0.15) is 0 Å². The maximum absolute atomic E-state index is 5.17. The Bertz CT molecular complexity index is 299. The van der Waals surface area contributed by atoms with Crippen molar-refractivity contribution in [3.05, 3.63) is 29.8 Å². The Morgan fingerprint density at radius 2 is 1.67 bits per heavy atom. The Morgan fingerprint density at radius 1 is 1.07 bits per heavy atom. The highest BCUT2D eigenvalue weighted by Crippen LogP contribution is 2.35. The summed E-state index contributed by atoms with van der Waals surface area (Å²) in [6.07, 6.45) is 5.48. The van der Waals surface area contributed by atoms with E-state index in [4.69, 9.17) is 4.74 Å². The molecule has 0 amide bonds. The second kappa shape index (κ2) is 4.69. The van der Waals surface area contributed by atoms with Gasteiger partial charge in [0.05, 0.1) is 7.11 Å². The standard InChI is InChI=1S/C14H20O.H2/c1-11-3-5-12(6-4-11)13-7-9-14(15-2)10-8-13;/h7-12H,3-6H2,1-2H3;1H. The van der Waals surface area contributed by atoms with Crippen LogP contribution in [0.15, 0.2) is 24.3 Å². The highest BCUT2D eigenvalue weighted by molar-refractivity contribution is 5.29. The first-order valence-corrected chi connectivity index (χ1v) is 5.93. The first-order chi connectivity index (χ1) is 7.29. The lowest BCUT2D eigenvalue weighted by Gasteiger charge is -2.26. The average Bonchev–Trinajstić information content (AvgIpc) is 2.30. The number of hydrogen-bond donors (Lipinski definition) is 0. The summed E-state index contributed by atoms with van der Waals surface area (Å²) in [5.41, 5.74) is 1.49. The molecule has 0 radical (unpaired) electrons. The summed E-state index contributed by atoms with van der Waals surface area (Å²) in [4.78, 5) is 0. The van der Waals surface area contributed by atoms with Crippen LogP contribution in [0.4, 0.5) is 0 Å². The first-order valence-electron chi connectivity index (χ1n) is 5.93. The largest absolute Gasteiger partial charge is 0.497 e. The molecule has 0 aromatic heterocycles. The number of methoxy groups -OCH3 is 1. The molecule has 0 bridgehead atoms. The predicted octanol–water partition coefficient (Wildman–Crippen LogP) is 4.23. The summed E-state index contributed by atoms with van der Waals surface area (Å²) in [6.45, 7) is 2.37. The molecule has 0 heterocycles. The third kappa shape index (κ3) is 2.53. The van der Waals surface area contributed by atoms with Crippen LogP contribution in [0.2, 0.25) is 0 Å². The highest BCUT2D eigenvalue weighted by Gasteiger charge is 2.19. The van der Waals surface area contributed by atoms with Gasteiger partial charge in [-0.05, 0) is 42.4 Å². The molecule has 1 nitrogen and oxygen atoms in total. The maximum atomic E-state index is 5.17. The van der Waals surface area contributed by atoms with E-state index in [0.717, 1.165) is 17.6 Å². The van der Waals surface area contributed by atoms with Crippen molar-refractivity contribution in [3.63, 3.8) is 0 Å². The van der Waals surface area contributed by atoms with E-state index in [1.807, 2.05) is 0 Å². The Hall–Kier alpha value is -0.980. The quantitative estimate of drug-likeness (QED) is 0.703. The van der Waals surface area contributed by atoms with Gasteiger partial charge >= 0.3 is 0 Å². The van der Waals surface area contributed by atoms with Crippen LogP contribution >= 0.6 is 0 Å². The van der Waals surface area contributed by atoms with Gasteiger partial charge in [0.2, 0.25) is 0 Å². The van der Waals surface area contributed by atoms with E-state index in [1.165, 1.54) is 31.2 Å². The zero-order valence-corrected chi connectivity index (χ0v) is 9.70. The lowest BCUT2D eigenvalue weighted by molar-refractivity contribution is 0.347. The predicted molar refractivity (Wildman–Crippen MR) is 65.5 cm³/mol. The van der Waals surface area contributed by atoms with Crippen LogP contribution in [0.1, 0.15) is 45.5 Å². The zero-order valence-electron chi connectivity index (χ0n) is 9.70. The van der Waals surface area contributed by atoms with Crippen LogP contribution in [-0.4, -0.2) is 7.11 Å². The summed E-state index contributed by atoms with van der Waals surface area (Å²) < 4.78 is 5.17. The Labute approximate surface area is 93.9 Å². The molecule has 0 saturated heterocycles. The van der Waals surface area contributed by atoms with Gasteiger partial charge in [0.15, 0.2) is 0 Å². The molecule has 0 unspecified atom stereocenters.